The highest BCUT2D eigenvalue weighted by atomic mass is 19.1. The monoisotopic (exact) mass is 227 g/mol. The van der Waals surface area contributed by atoms with E-state index in [0.717, 1.165) is 6.54 Å². The Bertz CT molecular complexity index is 284. The maximum Gasteiger partial charge on any atom is 0.123 e. The fourth-order valence-electron chi connectivity index (χ4n) is 1.42. The molecular formula is C12H18FNO2. The van der Waals surface area contributed by atoms with Crippen molar-refractivity contribution >= 4 is 0 Å². The molecule has 0 amide bonds. The lowest BCUT2D eigenvalue weighted by atomic mass is 10.2. The maximum absolute atomic E-state index is 12.6. The Morgan fingerprint density at radius 2 is 2.06 bits per heavy atom. The van der Waals surface area contributed by atoms with Crippen LogP contribution in [-0.4, -0.2) is 30.9 Å². The molecule has 1 aromatic carbocycles. The van der Waals surface area contributed by atoms with Gasteiger partial charge in [0, 0.05) is 12.6 Å². The molecule has 0 radical (unpaired) electrons. The highest BCUT2D eigenvalue weighted by Crippen LogP contribution is 2.11. The molecule has 90 valence electrons. The Morgan fingerprint density at radius 3 is 2.62 bits per heavy atom. The van der Waals surface area contributed by atoms with Crippen molar-refractivity contribution in [3.8, 4) is 5.75 Å². The quantitative estimate of drug-likeness (QED) is 0.743. The SMILES string of the molecule is CCNC(CCO)COc1ccc(F)cc1. The van der Waals surface area contributed by atoms with Crippen molar-refractivity contribution in [2.75, 3.05) is 19.8 Å². The molecule has 2 N–H and O–H groups in total. The van der Waals surface area contributed by atoms with Crippen LogP contribution in [0.25, 0.3) is 0 Å². The number of rotatable bonds is 7. The second kappa shape index (κ2) is 7.19. The van der Waals surface area contributed by atoms with E-state index in [9.17, 15) is 4.39 Å². The van der Waals surface area contributed by atoms with Crippen LogP contribution < -0.4 is 10.1 Å². The summed E-state index contributed by atoms with van der Waals surface area (Å²) in [5.74, 6) is 0.369. The van der Waals surface area contributed by atoms with Crippen LogP contribution >= 0.6 is 0 Å². The molecule has 0 saturated carbocycles. The standard InChI is InChI=1S/C12H18FNO2/c1-2-14-11(7-8-15)9-16-12-5-3-10(13)4-6-12/h3-6,11,14-15H,2,7-9H2,1H3. The van der Waals surface area contributed by atoms with Crippen molar-refractivity contribution < 1.29 is 14.2 Å². The number of hydrogen-bond acceptors (Lipinski definition) is 3. The van der Waals surface area contributed by atoms with Crippen molar-refractivity contribution in [2.45, 2.75) is 19.4 Å². The second-order valence-electron chi connectivity index (χ2n) is 3.53. The molecule has 0 fully saturated rings. The first kappa shape index (κ1) is 12.9. The van der Waals surface area contributed by atoms with E-state index in [1.807, 2.05) is 6.92 Å². The minimum atomic E-state index is -0.272. The zero-order valence-electron chi connectivity index (χ0n) is 9.45. The first-order chi connectivity index (χ1) is 7.76. The molecular weight excluding hydrogens is 209 g/mol. The van der Waals surface area contributed by atoms with E-state index < -0.39 is 0 Å². The number of aliphatic hydroxyl groups is 1. The van der Waals surface area contributed by atoms with Gasteiger partial charge in [-0.15, -0.1) is 0 Å². The van der Waals surface area contributed by atoms with Crippen molar-refractivity contribution in [1.29, 1.82) is 0 Å². The molecule has 0 aliphatic rings. The molecule has 1 unspecified atom stereocenters. The van der Waals surface area contributed by atoms with E-state index in [4.69, 9.17) is 9.84 Å². The summed E-state index contributed by atoms with van der Waals surface area (Å²) >= 11 is 0. The van der Waals surface area contributed by atoms with E-state index in [1.165, 1.54) is 12.1 Å². The molecule has 0 bridgehead atoms. The van der Waals surface area contributed by atoms with Crippen LogP contribution in [-0.2, 0) is 0 Å². The summed E-state index contributed by atoms with van der Waals surface area (Å²) in [5, 5.41) is 12.1. The third kappa shape index (κ3) is 4.59. The molecule has 0 saturated heterocycles. The summed E-state index contributed by atoms with van der Waals surface area (Å²) in [5.41, 5.74) is 0. The predicted octanol–water partition coefficient (Wildman–Crippen LogP) is 1.56. The van der Waals surface area contributed by atoms with Crippen molar-refractivity contribution in [3.63, 3.8) is 0 Å². The van der Waals surface area contributed by atoms with Gasteiger partial charge in [-0.25, -0.2) is 4.39 Å². The first-order valence-electron chi connectivity index (χ1n) is 5.49. The molecule has 4 heteroatoms. The van der Waals surface area contributed by atoms with Gasteiger partial charge < -0.3 is 15.2 Å². The minimum Gasteiger partial charge on any atom is -0.492 e. The first-order valence-corrected chi connectivity index (χ1v) is 5.49. The molecule has 0 aliphatic carbocycles. The van der Waals surface area contributed by atoms with E-state index in [0.29, 0.717) is 18.8 Å². The van der Waals surface area contributed by atoms with Crippen LogP contribution in [0, 0.1) is 5.82 Å². The molecule has 1 aromatic rings. The van der Waals surface area contributed by atoms with Gasteiger partial charge in [0.2, 0.25) is 0 Å². The van der Waals surface area contributed by atoms with Crippen LogP contribution in [0.1, 0.15) is 13.3 Å². The lowest BCUT2D eigenvalue weighted by molar-refractivity contribution is 0.215. The van der Waals surface area contributed by atoms with E-state index in [2.05, 4.69) is 5.32 Å². The number of ether oxygens (including phenoxy) is 1. The Labute approximate surface area is 95.2 Å². The normalized spacial score (nSPS) is 12.4. The summed E-state index contributed by atoms with van der Waals surface area (Å²) in [6.45, 7) is 3.43. The number of nitrogens with one attached hydrogen (secondary N) is 1. The fraction of sp³-hybridized carbons (Fsp3) is 0.500. The molecule has 1 atom stereocenters. The Kier molecular flexibility index (Phi) is 5.82. The summed E-state index contributed by atoms with van der Waals surface area (Å²) < 4.78 is 18.1. The largest absolute Gasteiger partial charge is 0.492 e. The van der Waals surface area contributed by atoms with Gasteiger partial charge >= 0.3 is 0 Å². The molecule has 0 heterocycles. The van der Waals surface area contributed by atoms with Gasteiger partial charge in [-0.2, -0.15) is 0 Å². The van der Waals surface area contributed by atoms with Gasteiger partial charge in [-0.3, -0.25) is 0 Å². The number of benzene rings is 1. The molecule has 1 rings (SSSR count). The zero-order valence-corrected chi connectivity index (χ0v) is 9.45. The Balaban J connectivity index is 2.38. The van der Waals surface area contributed by atoms with E-state index >= 15 is 0 Å². The van der Waals surface area contributed by atoms with Gasteiger partial charge in [0.15, 0.2) is 0 Å². The van der Waals surface area contributed by atoms with Crippen LogP contribution in [0.5, 0.6) is 5.75 Å². The van der Waals surface area contributed by atoms with Gasteiger partial charge in [0.05, 0.1) is 0 Å². The molecule has 16 heavy (non-hydrogen) atoms. The number of likely N-dealkylation sites (N-methyl/N-ethyl adjacent to an activating group) is 1. The van der Waals surface area contributed by atoms with Crippen LogP contribution in [0.15, 0.2) is 24.3 Å². The van der Waals surface area contributed by atoms with Crippen molar-refractivity contribution in [3.05, 3.63) is 30.1 Å². The van der Waals surface area contributed by atoms with Crippen molar-refractivity contribution in [2.24, 2.45) is 0 Å². The van der Waals surface area contributed by atoms with E-state index in [-0.39, 0.29) is 18.5 Å². The number of hydrogen-bond donors (Lipinski definition) is 2. The minimum absolute atomic E-state index is 0.125. The summed E-state index contributed by atoms with van der Waals surface area (Å²) in [7, 11) is 0. The molecule has 0 spiro atoms. The van der Waals surface area contributed by atoms with Gasteiger partial charge in [-0.1, -0.05) is 6.92 Å². The maximum atomic E-state index is 12.6. The predicted molar refractivity (Wildman–Crippen MR) is 61.1 cm³/mol. The smallest absolute Gasteiger partial charge is 0.123 e. The van der Waals surface area contributed by atoms with Gasteiger partial charge in [0.1, 0.15) is 18.2 Å². The van der Waals surface area contributed by atoms with E-state index in [1.54, 1.807) is 12.1 Å². The molecule has 0 aromatic heterocycles. The number of halogens is 1. The Hall–Kier alpha value is -1.13. The zero-order chi connectivity index (χ0) is 11.8. The summed E-state index contributed by atoms with van der Waals surface area (Å²) in [6, 6.07) is 6.04. The highest BCUT2D eigenvalue weighted by Gasteiger charge is 2.07. The van der Waals surface area contributed by atoms with Crippen LogP contribution in [0.2, 0.25) is 0 Å². The third-order valence-corrected chi connectivity index (χ3v) is 2.24. The summed E-state index contributed by atoms with van der Waals surface area (Å²) in [6.07, 6.45) is 0.648. The van der Waals surface area contributed by atoms with Crippen LogP contribution in [0.4, 0.5) is 4.39 Å². The lowest BCUT2D eigenvalue weighted by Gasteiger charge is -2.17. The molecule has 3 nitrogen and oxygen atoms in total. The van der Waals surface area contributed by atoms with Crippen LogP contribution in [0.3, 0.4) is 0 Å². The van der Waals surface area contributed by atoms with Crippen molar-refractivity contribution in [1.82, 2.24) is 5.32 Å². The highest BCUT2D eigenvalue weighted by molar-refractivity contribution is 5.22. The second-order valence-corrected chi connectivity index (χ2v) is 3.53. The average Bonchev–Trinajstić information content (AvgIpc) is 2.29. The number of aliphatic hydroxyl groups excluding tert-OH is 1. The van der Waals surface area contributed by atoms with Gasteiger partial charge in [0.25, 0.3) is 0 Å². The summed E-state index contributed by atoms with van der Waals surface area (Å²) in [4.78, 5) is 0. The molecule has 0 aliphatic heterocycles. The fourth-order valence-corrected chi connectivity index (χ4v) is 1.42. The lowest BCUT2D eigenvalue weighted by Crippen LogP contribution is -2.35. The van der Waals surface area contributed by atoms with Gasteiger partial charge in [-0.05, 0) is 37.2 Å². The Morgan fingerprint density at radius 1 is 1.38 bits per heavy atom. The third-order valence-electron chi connectivity index (χ3n) is 2.24. The average molecular weight is 227 g/mol. The topological polar surface area (TPSA) is 41.5 Å².